The molecule has 0 bridgehead atoms. The number of nitrogens with zero attached hydrogens (tertiary/aromatic N) is 3. The highest BCUT2D eigenvalue weighted by Gasteiger charge is 2.40. The lowest BCUT2D eigenvalue weighted by Crippen LogP contribution is -2.48. The molecule has 1 aliphatic heterocycles. The molecule has 0 radical (unpaired) electrons. The summed E-state index contributed by atoms with van der Waals surface area (Å²) in [6.07, 6.45) is 7.44. The van der Waals surface area contributed by atoms with Crippen LogP contribution in [0.2, 0.25) is 0 Å². The number of hydrogen-bond acceptors (Lipinski definition) is 5. The maximum atomic E-state index is 13.0. The Hall–Kier alpha value is -2.83. The number of hydrogen-bond donors (Lipinski definition) is 1. The SMILES string of the molecule is COc1cccc(C2(NC(=O)C3CC(c4cnn(C)c4)=NO3)CCCC2)c1. The Kier molecular flexibility index (Phi) is 4.59. The van der Waals surface area contributed by atoms with Gasteiger partial charge in [-0.15, -0.1) is 0 Å². The standard InChI is InChI=1S/C20H24N4O3/c1-24-13-14(12-21-24)17-11-18(27-23-17)19(25)22-20(8-3-4-9-20)15-6-5-7-16(10-15)26-2/h5-7,10,12-13,18H,3-4,8-9,11H2,1-2H3,(H,22,25). The number of nitrogens with one attached hydrogen (secondary N) is 1. The molecule has 2 aromatic rings. The Balaban J connectivity index is 1.49. The van der Waals surface area contributed by atoms with Crippen molar-refractivity contribution in [1.29, 1.82) is 0 Å². The van der Waals surface area contributed by atoms with Gasteiger partial charge in [-0.3, -0.25) is 9.48 Å². The Morgan fingerprint density at radius 3 is 2.89 bits per heavy atom. The summed E-state index contributed by atoms with van der Waals surface area (Å²) >= 11 is 0. The first kappa shape index (κ1) is 17.6. The molecule has 4 rings (SSSR count). The van der Waals surface area contributed by atoms with Crippen molar-refractivity contribution in [1.82, 2.24) is 15.1 Å². The fourth-order valence-electron chi connectivity index (χ4n) is 3.96. The van der Waals surface area contributed by atoms with Gasteiger partial charge in [0.1, 0.15) is 5.75 Å². The highest BCUT2D eigenvalue weighted by atomic mass is 16.6. The van der Waals surface area contributed by atoms with Gasteiger partial charge in [-0.05, 0) is 30.5 Å². The average Bonchev–Trinajstić information content (AvgIpc) is 3.42. The van der Waals surface area contributed by atoms with Crippen molar-refractivity contribution in [2.45, 2.75) is 43.7 Å². The summed E-state index contributed by atoms with van der Waals surface area (Å²) in [5.41, 5.74) is 2.35. The number of carbonyl (C=O) groups excluding carboxylic acids is 1. The molecule has 2 heterocycles. The van der Waals surface area contributed by atoms with Crippen LogP contribution in [-0.2, 0) is 22.2 Å². The van der Waals surface area contributed by atoms with Crippen molar-refractivity contribution >= 4 is 11.6 Å². The zero-order valence-corrected chi connectivity index (χ0v) is 15.6. The minimum atomic E-state index is -0.608. The Bertz CT molecular complexity index is 868. The number of rotatable bonds is 5. The lowest BCUT2D eigenvalue weighted by molar-refractivity contribution is -0.133. The third kappa shape index (κ3) is 3.41. The van der Waals surface area contributed by atoms with Crippen LogP contribution < -0.4 is 10.1 Å². The van der Waals surface area contributed by atoms with E-state index in [4.69, 9.17) is 9.57 Å². The summed E-state index contributed by atoms with van der Waals surface area (Å²) in [5, 5.41) is 11.5. The van der Waals surface area contributed by atoms with Gasteiger partial charge in [0.15, 0.2) is 0 Å². The quantitative estimate of drug-likeness (QED) is 0.880. The lowest BCUT2D eigenvalue weighted by Gasteiger charge is -2.32. The van der Waals surface area contributed by atoms with E-state index in [0.717, 1.165) is 48.3 Å². The van der Waals surface area contributed by atoms with Gasteiger partial charge in [-0.1, -0.05) is 30.1 Å². The summed E-state index contributed by atoms with van der Waals surface area (Å²) in [6.45, 7) is 0. The predicted molar refractivity (Wildman–Crippen MR) is 101 cm³/mol. The summed E-state index contributed by atoms with van der Waals surface area (Å²) in [6, 6.07) is 7.96. The molecule has 1 amide bonds. The van der Waals surface area contributed by atoms with Crippen LogP contribution in [0, 0.1) is 0 Å². The molecule has 0 saturated heterocycles. The number of aryl methyl sites for hydroxylation is 1. The minimum Gasteiger partial charge on any atom is -0.497 e. The van der Waals surface area contributed by atoms with Crippen LogP contribution in [-0.4, -0.2) is 34.6 Å². The molecule has 1 N–H and O–H groups in total. The number of oxime groups is 1. The first-order chi connectivity index (χ1) is 13.1. The number of ether oxygens (including phenoxy) is 1. The summed E-state index contributed by atoms with van der Waals surface area (Å²) in [7, 11) is 3.50. The van der Waals surface area contributed by atoms with E-state index in [9.17, 15) is 4.79 Å². The van der Waals surface area contributed by atoms with Crippen molar-refractivity contribution in [3.63, 3.8) is 0 Å². The van der Waals surface area contributed by atoms with E-state index in [1.54, 1.807) is 18.0 Å². The Morgan fingerprint density at radius 1 is 1.37 bits per heavy atom. The molecule has 1 atom stereocenters. The highest BCUT2D eigenvalue weighted by molar-refractivity contribution is 6.03. The maximum Gasteiger partial charge on any atom is 0.265 e. The molecule has 2 aliphatic rings. The van der Waals surface area contributed by atoms with E-state index in [0.29, 0.717) is 6.42 Å². The second-order valence-electron chi connectivity index (χ2n) is 7.25. The lowest BCUT2D eigenvalue weighted by atomic mass is 9.87. The molecule has 1 aromatic carbocycles. The van der Waals surface area contributed by atoms with Crippen molar-refractivity contribution in [2.24, 2.45) is 12.2 Å². The third-order valence-corrected chi connectivity index (χ3v) is 5.44. The molecule has 27 heavy (non-hydrogen) atoms. The molecular weight excluding hydrogens is 344 g/mol. The topological polar surface area (TPSA) is 77.7 Å². The normalized spacial score (nSPS) is 20.8. The van der Waals surface area contributed by atoms with Crippen LogP contribution in [0.5, 0.6) is 5.75 Å². The van der Waals surface area contributed by atoms with Gasteiger partial charge in [-0.25, -0.2) is 0 Å². The number of amides is 1. The van der Waals surface area contributed by atoms with Crippen molar-refractivity contribution in [3.05, 3.63) is 47.8 Å². The molecule has 0 spiro atoms. The van der Waals surface area contributed by atoms with Gasteiger partial charge in [0.2, 0.25) is 6.10 Å². The van der Waals surface area contributed by atoms with Crippen LogP contribution in [0.3, 0.4) is 0 Å². The van der Waals surface area contributed by atoms with E-state index in [1.165, 1.54) is 0 Å². The third-order valence-electron chi connectivity index (χ3n) is 5.44. The van der Waals surface area contributed by atoms with Crippen LogP contribution in [0.15, 0.2) is 41.8 Å². The zero-order valence-electron chi connectivity index (χ0n) is 15.6. The Labute approximate surface area is 158 Å². The van der Waals surface area contributed by atoms with Crippen molar-refractivity contribution in [3.8, 4) is 5.75 Å². The summed E-state index contributed by atoms with van der Waals surface area (Å²) in [5.74, 6) is 0.676. The Morgan fingerprint density at radius 2 is 2.19 bits per heavy atom. The number of carbonyl (C=O) groups is 1. The van der Waals surface area contributed by atoms with Crippen LogP contribution >= 0.6 is 0 Å². The molecule has 1 saturated carbocycles. The maximum absolute atomic E-state index is 13.0. The van der Waals surface area contributed by atoms with E-state index >= 15 is 0 Å². The molecule has 1 fully saturated rings. The summed E-state index contributed by atoms with van der Waals surface area (Å²) in [4.78, 5) is 18.4. The van der Waals surface area contributed by atoms with Crippen LogP contribution in [0.1, 0.15) is 43.2 Å². The predicted octanol–water partition coefficient (Wildman–Crippen LogP) is 2.51. The summed E-state index contributed by atoms with van der Waals surface area (Å²) < 4.78 is 7.08. The van der Waals surface area contributed by atoms with Crippen molar-refractivity contribution < 1.29 is 14.4 Å². The van der Waals surface area contributed by atoms with Gasteiger partial charge >= 0.3 is 0 Å². The van der Waals surface area contributed by atoms with E-state index in [1.807, 2.05) is 31.4 Å². The van der Waals surface area contributed by atoms with Crippen LogP contribution in [0.4, 0.5) is 0 Å². The number of aromatic nitrogens is 2. The monoisotopic (exact) mass is 368 g/mol. The minimum absolute atomic E-state index is 0.123. The second-order valence-corrected chi connectivity index (χ2v) is 7.25. The highest BCUT2D eigenvalue weighted by Crippen LogP contribution is 2.40. The first-order valence-electron chi connectivity index (χ1n) is 9.28. The largest absolute Gasteiger partial charge is 0.497 e. The fraction of sp³-hybridized carbons (Fsp3) is 0.450. The average molecular weight is 368 g/mol. The van der Waals surface area contributed by atoms with Crippen LogP contribution in [0.25, 0.3) is 0 Å². The molecule has 7 nitrogen and oxygen atoms in total. The molecule has 142 valence electrons. The van der Waals surface area contributed by atoms with Gasteiger partial charge in [-0.2, -0.15) is 5.10 Å². The van der Waals surface area contributed by atoms with Gasteiger partial charge < -0.3 is 14.9 Å². The number of methoxy groups -OCH3 is 1. The van der Waals surface area contributed by atoms with E-state index < -0.39 is 6.10 Å². The molecule has 1 unspecified atom stereocenters. The smallest absolute Gasteiger partial charge is 0.265 e. The fourth-order valence-corrected chi connectivity index (χ4v) is 3.96. The van der Waals surface area contributed by atoms with E-state index in [-0.39, 0.29) is 11.4 Å². The second kappa shape index (κ2) is 7.06. The van der Waals surface area contributed by atoms with E-state index in [2.05, 4.69) is 21.6 Å². The molecule has 7 heteroatoms. The molecular formula is C20H24N4O3. The van der Waals surface area contributed by atoms with Gasteiger partial charge in [0, 0.05) is 25.2 Å². The first-order valence-corrected chi connectivity index (χ1v) is 9.28. The molecule has 1 aromatic heterocycles. The van der Waals surface area contributed by atoms with Crippen molar-refractivity contribution in [2.75, 3.05) is 7.11 Å². The van der Waals surface area contributed by atoms with Gasteiger partial charge in [0.25, 0.3) is 5.91 Å². The zero-order chi connectivity index (χ0) is 18.9. The number of benzene rings is 1. The molecule has 1 aliphatic carbocycles. The van der Waals surface area contributed by atoms with Gasteiger partial charge in [0.05, 0.1) is 24.6 Å².